The van der Waals surface area contributed by atoms with E-state index in [1.807, 2.05) is 6.07 Å². The number of hydrogen-bond acceptors (Lipinski definition) is 5. The first-order valence-corrected chi connectivity index (χ1v) is 9.00. The highest BCUT2D eigenvalue weighted by Gasteiger charge is 2.42. The summed E-state index contributed by atoms with van der Waals surface area (Å²) >= 11 is 0. The lowest BCUT2D eigenvalue weighted by Crippen LogP contribution is -2.35. The maximum atomic E-state index is 13.7. The minimum atomic E-state index is -4.91. The number of carbonyl (C=O) groups is 1. The Morgan fingerprint density at radius 3 is 2.40 bits per heavy atom. The van der Waals surface area contributed by atoms with Crippen LogP contribution in [-0.2, 0) is 20.4 Å². The number of nitrogens with zero attached hydrogens (tertiary/aromatic N) is 1. The van der Waals surface area contributed by atoms with Gasteiger partial charge in [0.05, 0.1) is 41.0 Å². The Morgan fingerprint density at radius 2 is 1.90 bits per heavy atom. The summed E-state index contributed by atoms with van der Waals surface area (Å²) in [5.74, 6) is -3.39. The minimum Gasteiger partial charge on any atom is -0.457 e. The lowest BCUT2D eigenvalue weighted by atomic mass is 9.78. The summed E-state index contributed by atoms with van der Waals surface area (Å²) < 4.78 is 65.3. The van der Waals surface area contributed by atoms with Crippen LogP contribution in [0.25, 0.3) is 0 Å². The molecule has 0 saturated carbocycles. The van der Waals surface area contributed by atoms with Gasteiger partial charge in [-0.3, -0.25) is 0 Å². The summed E-state index contributed by atoms with van der Waals surface area (Å²) in [5, 5.41) is 12.5. The Morgan fingerprint density at radius 1 is 1.27 bits per heavy atom. The summed E-state index contributed by atoms with van der Waals surface area (Å²) in [6, 6.07) is 4.03. The fraction of sp³-hybridized carbons (Fsp3) is 0.429. The number of allylic oxidation sites excluding steroid dienone is 2. The third-order valence-electron chi connectivity index (χ3n) is 4.30. The first kappa shape index (κ1) is 23.4. The average Bonchev–Trinajstić information content (AvgIpc) is 2.59. The van der Waals surface area contributed by atoms with Crippen LogP contribution in [0.4, 0.5) is 17.6 Å². The molecule has 1 atom stereocenters. The van der Waals surface area contributed by atoms with Crippen LogP contribution >= 0.6 is 0 Å². The molecular weight excluding hydrogens is 404 g/mol. The molecule has 1 N–H and O–H groups in total. The van der Waals surface area contributed by atoms with Gasteiger partial charge in [0.1, 0.15) is 11.4 Å². The quantitative estimate of drug-likeness (QED) is 0.564. The molecule has 0 saturated heterocycles. The highest BCUT2D eigenvalue weighted by molar-refractivity contribution is 5.93. The van der Waals surface area contributed by atoms with E-state index < -0.39 is 40.6 Å². The fourth-order valence-corrected chi connectivity index (χ4v) is 3.21. The summed E-state index contributed by atoms with van der Waals surface area (Å²) in [6.45, 7) is 6.20. The van der Waals surface area contributed by atoms with Gasteiger partial charge in [-0.05, 0) is 45.4 Å². The molecule has 1 aliphatic heterocycles. The Balaban J connectivity index is 2.84. The lowest BCUT2D eigenvalue weighted by Gasteiger charge is -2.32. The number of methoxy groups -OCH3 is 1. The molecule has 1 heterocycles. The number of carbonyl (C=O) groups excluding carboxylic acids is 1. The molecular formula is C21H22F4N2O3. The smallest absolute Gasteiger partial charge is 0.416 e. The summed E-state index contributed by atoms with van der Waals surface area (Å²) in [7, 11) is 1.36. The maximum Gasteiger partial charge on any atom is 0.416 e. The molecule has 9 heteroatoms. The molecule has 30 heavy (non-hydrogen) atoms. The Hall–Kier alpha value is -2.86. The average molecular weight is 426 g/mol. The summed E-state index contributed by atoms with van der Waals surface area (Å²) in [6.07, 6.45) is -4.91. The molecule has 0 fully saturated rings. The Kier molecular flexibility index (Phi) is 6.62. The van der Waals surface area contributed by atoms with Crippen molar-refractivity contribution in [3.8, 4) is 6.07 Å². The first-order chi connectivity index (χ1) is 13.8. The van der Waals surface area contributed by atoms with Gasteiger partial charge in [-0.2, -0.15) is 18.4 Å². The zero-order valence-electron chi connectivity index (χ0n) is 17.2. The van der Waals surface area contributed by atoms with E-state index in [-0.39, 0.29) is 29.1 Å². The van der Waals surface area contributed by atoms with Gasteiger partial charge < -0.3 is 14.8 Å². The van der Waals surface area contributed by atoms with Crippen LogP contribution in [0.2, 0.25) is 0 Å². The number of halogens is 4. The van der Waals surface area contributed by atoms with Crippen molar-refractivity contribution >= 4 is 5.97 Å². The SMILES string of the molecule is COCC1=C(C(=O)OC(C)(C)C)C(c2ccc(F)cc2C(F)(F)F)C(C#N)=C(C)N1. The van der Waals surface area contributed by atoms with E-state index in [0.717, 1.165) is 12.1 Å². The zero-order chi connectivity index (χ0) is 22.9. The molecule has 1 unspecified atom stereocenters. The third-order valence-corrected chi connectivity index (χ3v) is 4.30. The van der Waals surface area contributed by atoms with Gasteiger partial charge in [0.15, 0.2) is 0 Å². The zero-order valence-corrected chi connectivity index (χ0v) is 17.2. The van der Waals surface area contributed by atoms with E-state index in [9.17, 15) is 27.6 Å². The van der Waals surface area contributed by atoms with Crippen molar-refractivity contribution in [2.24, 2.45) is 0 Å². The van der Waals surface area contributed by atoms with Crippen LogP contribution < -0.4 is 5.32 Å². The molecule has 162 valence electrons. The Bertz CT molecular complexity index is 950. The van der Waals surface area contributed by atoms with Crippen LogP contribution in [0.5, 0.6) is 0 Å². The normalized spacial score (nSPS) is 17.5. The molecule has 0 spiro atoms. The van der Waals surface area contributed by atoms with E-state index in [0.29, 0.717) is 6.07 Å². The van der Waals surface area contributed by atoms with Crippen molar-refractivity contribution < 1.29 is 31.8 Å². The number of rotatable bonds is 4. The van der Waals surface area contributed by atoms with Crippen molar-refractivity contribution in [1.29, 1.82) is 5.26 Å². The van der Waals surface area contributed by atoms with Gasteiger partial charge in [-0.1, -0.05) is 6.07 Å². The lowest BCUT2D eigenvalue weighted by molar-refractivity contribution is -0.150. The molecule has 0 bridgehead atoms. The topological polar surface area (TPSA) is 71.3 Å². The van der Waals surface area contributed by atoms with Crippen molar-refractivity contribution in [2.75, 3.05) is 13.7 Å². The monoisotopic (exact) mass is 426 g/mol. The molecule has 0 aromatic heterocycles. The van der Waals surface area contributed by atoms with Gasteiger partial charge in [-0.25, -0.2) is 9.18 Å². The highest BCUT2D eigenvalue weighted by Crippen LogP contribution is 2.44. The fourth-order valence-electron chi connectivity index (χ4n) is 3.21. The van der Waals surface area contributed by atoms with Gasteiger partial charge in [-0.15, -0.1) is 0 Å². The van der Waals surface area contributed by atoms with E-state index >= 15 is 0 Å². The number of esters is 1. The minimum absolute atomic E-state index is 0.104. The van der Waals surface area contributed by atoms with Crippen LogP contribution in [0.15, 0.2) is 40.7 Å². The van der Waals surface area contributed by atoms with E-state index in [2.05, 4.69) is 5.32 Å². The molecule has 0 radical (unpaired) electrons. The summed E-state index contributed by atoms with van der Waals surface area (Å²) in [4.78, 5) is 13.0. The van der Waals surface area contributed by atoms with E-state index in [1.165, 1.54) is 14.0 Å². The van der Waals surface area contributed by atoms with Gasteiger partial charge in [0.25, 0.3) is 0 Å². The standard InChI is InChI=1S/C21H22F4N2O3/c1-11-14(9-26)17(13-7-6-12(22)8-15(13)21(23,24)25)18(16(27-11)10-29-5)19(28)30-20(2,3)4/h6-8,17,27H,10H2,1-5H3. The molecule has 1 aromatic rings. The number of alkyl halides is 3. The van der Waals surface area contributed by atoms with Crippen molar-refractivity contribution in [3.05, 3.63) is 57.7 Å². The highest BCUT2D eigenvalue weighted by atomic mass is 19.4. The third kappa shape index (κ3) is 5.00. The van der Waals surface area contributed by atoms with E-state index in [4.69, 9.17) is 9.47 Å². The second-order valence-corrected chi connectivity index (χ2v) is 7.76. The second-order valence-electron chi connectivity index (χ2n) is 7.76. The van der Waals surface area contributed by atoms with Crippen LogP contribution in [0.3, 0.4) is 0 Å². The number of ether oxygens (including phenoxy) is 2. The number of hydrogen-bond donors (Lipinski definition) is 1. The number of dihydropyridines is 1. The molecule has 0 amide bonds. The van der Waals surface area contributed by atoms with Crippen LogP contribution in [-0.4, -0.2) is 25.3 Å². The predicted molar refractivity (Wildman–Crippen MR) is 100 cm³/mol. The van der Waals surface area contributed by atoms with Crippen LogP contribution in [0.1, 0.15) is 44.7 Å². The maximum absolute atomic E-state index is 13.7. The molecule has 2 rings (SSSR count). The molecule has 1 aliphatic rings. The predicted octanol–water partition coefficient (Wildman–Crippen LogP) is 4.57. The van der Waals surface area contributed by atoms with Crippen molar-refractivity contribution in [3.63, 3.8) is 0 Å². The van der Waals surface area contributed by atoms with Gasteiger partial charge >= 0.3 is 12.1 Å². The largest absolute Gasteiger partial charge is 0.457 e. The van der Waals surface area contributed by atoms with Crippen molar-refractivity contribution in [2.45, 2.75) is 45.4 Å². The number of nitriles is 1. The number of nitrogens with one attached hydrogen (secondary N) is 1. The molecule has 0 aliphatic carbocycles. The van der Waals surface area contributed by atoms with Crippen molar-refractivity contribution in [1.82, 2.24) is 5.32 Å². The molecule has 5 nitrogen and oxygen atoms in total. The van der Waals surface area contributed by atoms with Gasteiger partial charge in [0.2, 0.25) is 0 Å². The second kappa shape index (κ2) is 8.48. The Labute approximate surface area is 172 Å². The number of benzene rings is 1. The first-order valence-electron chi connectivity index (χ1n) is 9.00. The molecule has 1 aromatic carbocycles. The van der Waals surface area contributed by atoms with E-state index in [1.54, 1.807) is 20.8 Å². The van der Waals surface area contributed by atoms with Crippen LogP contribution in [0, 0.1) is 17.1 Å². The van der Waals surface area contributed by atoms with Gasteiger partial charge in [0, 0.05) is 12.8 Å². The summed E-state index contributed by atoms with van der Waals surface area (Å²) in [5.41, 5.74) is -2.49.